The van der Waals surface area contributed by atoms with Gasteiger partial charge in [-0.2, -0.15) is 10.2 Å². The number of unbranched alkanes of at least 4 members (excludes halogenated alkanes) is 25. The summed E-state index contributed by atoms with van der Waals surface area (Å²) in [5.74, 6) is -0.501. The molecular formula is C62H107N7O6. The van der Waals surface area contributed by atoms with Crippen LogP contribution in [0.4, 0.5) is 11.4 Å². The first kappa shape index (κ1) is 65.4. The zero-order valence-electron chi connectivity index (χ0n) is 47.6. The van der Waals surface area contributed by atoms with E-state index in [1.165, 1.54) is 161 Å². The van der Waals surface area contributed by atoms with Crippen molar-refractivity contribution in [3.63, 3.8) is 0 Å². The number of azo groups is 1. The smallest absolute Gasteiger partial charge is 0.328 e. The second-order valence-electron chi connectivity index (χ2n) is 21.0. The van der Waals surface area contributed by atoms with Gasteiger partial charge >= 0.3 is 11.9 Å². The van der Waals surface area contributed by atoms with Crippen LogP contribution in [-0.4, -0.2) is 108 Å². The van der Waals surface area contributed by atoms with Crippen LogP contribution >= 0.6 is 0 Å². The molecule has 0 radical (unpaired) electrons. The van der Waals surface area contributed by atoms with Crippen LogP contribution in [0.3, 0.4) is 0 Å². The van der Waals surface area contributed by atoms with Crippen LogP contribution in [0.5, 0.6) is 5.75 Å². The molecule has 0 saturated carbocycles. The van der Waals surface area contributed by atoms with Crippen LogP contribution in [0, 0.1) is 0 Å². The lowest BCUT2D eigenvalue weighted by Crippen LogP contribution is -2.42. The standard InChI is InChI=1S/C62H107N7O6/c1-3-5-7-9-11-13-16-21-25-29-53-74-60(70)42-41-59(62(72)75-54-30-26-22-17-14-12-10-8-6-4-2)66-61(71)55-33-35-56(36-34-55)67-68-57-37-39-58(40-38-57)73-52-28-24-20-18-15-19-23-27-49-69-50-32-45-64-47-46-63-43-31-44-65-48-51-69/h33-40,59,63-65H,3-32,41-54H2,1-2H3,(H,66,71). The molecule has 426 valence electrons. The normalized spacial score (nSPS) is 14.6. The predicted molar refractivity (Wildman–Crippen MR) is 310 cm³/mol. The van der Waals surface area contributed by atoms with Crippen LogP contribution < -0.4 is 26.0 Å². The van der Waals surface area contributed by atoms with Gasteiger partial charge in [0.2, 0.25) is 0 Å². The molecule has 0 spiro atoms. The summed E-state index contributed by atoms with van der Waals surface area (Å²) in [5.41, 5.74) is 1.65. The van der Waals surface area contributed by atoms with Crippen LogP contribution in [0.15, 0.2) is 58.8 Å². The number of hydrogen-bond acceptors (Lipinski definition) is 12. The van der Waals surface area contributed by atoms with Gasteiger partial charge in [0.1, 0.15) is 11.8 Å². The highest BCUT2D eigenvalue weighted by Crippen LogP contribution is 2.23. The Hall–Kier alpha value is -3.91. The zero-order valence-corrected chi connectivity index (χ0v) is 47.6. The fraction of sp³-hybridized carbons (Fsp3) is 0.758. The molecule has 1 amide bonds. The number of hydrogen-bond donors (Lipinski definition) is 4. The topological polar surface area (TPSA) is 155 Å². The minimum Gasteiger partial charge on any atom is -0.494 e. The Kier molecular flexibility index (Phi) is 41.2. The highest BCUT2D eigenvalue weighted by molar-refractivity contribution is 5.97. The molecular weight excluding hydrogens is 939 g/mol. The minimum atomic E-state index is -0.972. The van der Waals surface area contributed by atoms with Crippen LogP contribution in [0.25, 0.3) is 0 Å². The molecule has 1 atom stereocenters. The predicted octanol–water partition coefficient (Wildman–Crippen LogP) is 14.3. The van der Waals surface area contributed by atoms with E-state index in [4.69, 9.17) is 14.2 Å². The number of carbonyl (C=O) groups excluding carboxylic acids is 3. The molecule has 1 saturated heterocycles. The summed E-state index contributed by atoms with van der Waals surface area (Å²) in [5, 5.41) is 22.3. The van der Waals surface area contributed by atoms with E-state index in [1.807, 2.05) is 24.3 Å². The molecule has 1 aliphatic heterocycles. The molecule has 3 rings (SSSR count). The first-order valence-corrected chi connectivity index (χ1v) is 30.7. The van der Waals surface area contributed by atoms with E-state index in [-0.39, 0.29) is 25.4 Å². The molecule has 1 fully saturated rings. The third kappa shape index (κ3) is 36.7. The van der Waals surface area contributed by atoms with Gasteiger partial charge in [-0.1, -0.05) is 168 Å². The fourth-order valence-electron chi connectivity index (χ4n) is 9.45. The van der Waals surface area contributed by atoms with Crippen molar-refractivity contribution >= 4 is 29.2 Å². The van der Waals surface area contributed by atoms with Crippen molar-refractivity contribution in [2.24, 2.45) is 10.2 Å². The summed E-state index contributed by atoms with van der Waals surface area (Å²) >= 11 is 0. The van der Waals surface area contributed by atoms with Gasteiger partial charge in [0.25, 0.3) is 5.91 Å². The highest BCUT2D eigenvalue weighted by atomic mass is 16.5. The lowest BCUT2D eigenvalue weighted by Gasteiger charge is -2.23. The third-order valence-electron chi connectivity index (χ3n) is 14.2. The quantitative estimate of drug-likeness (QED) is 0.0287. The second-order valence-corrected chi connectivity index (χ2v) is 21.0. The van der Waals surface area contributed by atoms with Crippen molar-refractivity contribution in [1.82, 2.24) is 26.2 Å². The van der Waals surface area contributed by atoms with E-state index in [9.17, 15) is 14.4 Å². The molecule has 2 aromatic carbocycles. The van der Waals surface area contributed by atoms with Gasteiger partial charge in [0, 0.05) is 38.2 Å². The Morgan fingerprint density at radius 2 is 0.960 bits per heavy atom. The number of amides is 1. The van der Waals surface area contributed by atoms with E-state index in [2.05, 4.69) is 50.2 Å². The molecule has 4 N–H and O–H groups in total. The van der Waals surface area contributed by atoms with E-state index >= 15 is 0 Å². The SMILES string of the molecule is CCCCCCCCCCCCOC(=O)CCC(NC(=O)c1ccc(N=Nc2ccc(OCCCCCCCCCCN3CCCNCCNCCCNCC3)cc2)cc1)C(=O)OCCCCCCCCCCCC. The molecule has 0 bridgehead atoms. The monoisotopic (exact) mass is 1050 g/mol. The first-order chi connectivity index (χ1) is 37.0. The number of nitrogens with one attached hydrogen (secondary N) is 4. The summed E-state index contributed by atoms with van der Waals surface area (Å²) in [7, 11) is 0. The molecule has 1 unspecified atom stereocenters. The Bertz CT molecular complexity index is 1680. The molecule has 1 aliphatic rings. The van der Waals surface area contributed by atoms with Crippen molar-refractivity contribution in [3.05, 3.63) is 54.1 Å². The van der Waals surface area contributed by atoms with E-state index in [0.717, 1.165) is 96.5 Å². The number of nitrogens with zero attached hydrogens (tertiary/aromatic N) is 3. The molecule has 13 nitrogen and oxygen atoms in total. The van der Waals surface area contributed by atoms with Crippen molar-refractivity contribution in [2.45, 2.75) is 225 Å². The Balaban J connectivity index is 1.33. The van der Waals surface area contributed by atoms with Crippen molar-refractivity contribution in [2.75, 3.05) is 78.7 Å². The average Bonchev–Trinajstić information content (AvgIpc) is 3.42. The van der Waals surface area contributed by atoms with E-state index < -0.39 is 17.9 Å². The van der Waals surface area contributed by atoms with E-state index in [1.54, 1.807) is 24.3 Å². The summed E-state index contributed by atoms with van der Waals surface area (Å²) < 4.78 is 17.2. The van der Waals surface area contributed by atoms with Crippen LogP contribution in [0.2, 0.25) is 0 Å². The lowest BCUT2D eigenvalue weighted by atomic mass is 10.1. The molecule has 0 aromatic heterocycles. The summed E-state index contributed by atoms with van der Waals surface area (Å²) in [6, 6.07) is 13.4. The van der Waals surface area contributed by atoms with Gasteiger partial charge in [0.15, 0.2) is 0 Å². The average molecular weight is 1050 g/mol. The molecule has 13 heteroatoms. The third-order valence-corrected chi connectivity index (χ3v) is 14.2. The number of carbonyl (C=O) groups is 3. The minimum absolute atomic E-state index is 0.0127. The Labute approximate surface area is 456 Å². The van der Waals surface area contributed by atoms with E-state index in [0.29, 0.717) is 30.2 Å². The Morgan fingerprint density at radius 1 is 0.507 bits per heavy atom. The summed E-state index contributed by atoms with van der Waals surface area (Å²) in [6.45, 7) is 15.9. The van der Waals surface area contributed by atoms with Crippen molar-refractivity contribution < 1.29 is 28.6 Å². The van der Waals surface area contributed by atoms with Gasteiger partial charge in [-0.05, 0) is 126 Å². The lowest BCUT2D eigenvalue weighted by molar-refractivity contribution is -0.147. The number of esters is 2. The fourth-order valence-corrected chi connectivity index (χ4v) is 9.45. The number of rotatable bonds is 42. The maximum absolute atomic E-state index is 13.4. The van der Waals surface area contributed by atoms with Gasteiger partial charge in [-0.25, -0.2) is 4.79 Å². The summed E-state index contributed by atoms with van der Waals surface area (Å²) in [4.78, 5) is 42.1. The largest absolute Gasteiger partial charge is 0.494 e. The van der Waals surface area contributed by atoms with Gasteiger partial charge in [-0.3, -0.25) is 9.59 Å². The maximum atomic E-state index is 13.4. The van der Waals surface area contributed by atoms with Gasteiger partial charge in [-0.15, -0.1) is 0 Å². The van der Waals surface area contributed by atoms with Crippen LogP contribution in [0.1, 0.15) is 230 Å². The van der Waals surface area contributed by atoms with Crippen LogP contribution in [-0.2, 0) is 19.1 Å². The maximum Gasteiger partial charge on any atom is 0.328 e. The van der Waals surface area contributed by atoms with Crippen molar-refractivity contribution in [1.29, 1.82) is 0 Å². The Morgan fingerprint density at radius 3 is 1.51 bits per heavy atom. The number of benzene rings is 2. The molecule has 0 aliphatic carbocycles. The van der Waals surface area contributed by atoms with Gasteiger partial charge < -0.3 is 40.4 Å². The summed E-state index contributed by atoms with van der Waals surface area (Å²) in [6.07, 6.45) is 36.4. The zero-order chi connectivity index (χ0) is 53.3. The molecule has 1 heterocycles. The van der Waals surface area contributed by atoms with Gasteiger partial charge in [0.05, 0.1) is 31.2 Å². The highest BCUT2D eigenvalue weighted by Gasteiger charge is 2.24. The molecule has 75 heavy (non-hydrogen) atoms. The van der Waals surface area contributed by atoms with Crippen molar-refractivity contribution in [3.8, 4) is 5.75 Å². The molecule has 2 aromatic rings. The second kappa shape index (κ2) is 47.3. The number of ether oxygens (including phenoxy) is 3. The first-order valence-electron chi connectivity index (χ1n) is 30.7.